The molecule has 0 amide bonds. The summed E-state index contributed by atoms with van der Waals surface area (Å²) in [7, 11) is 0. The number of carbonyl (C=O) groups is 1. The lowest BCUT2D eigenvalue weighted by Gasteiger charge is -1.97. The first-order valence-electron chi connectivity index (χ1n) is 4.61. The quantitative estimate of drug-likeness (QED) is 0.689. The lowest BCUT2D eigenvalue weighted by Crippen LogP contribution is -2.36. The number of hydrogen-bond donors (Lipinski definition) is 1. The van der Waals surface area contributed by atoms with Crippen LogP contribution in [0.3, 0.4) is 0 Å². The summed E-state index contributed by atoms with van der Waals surface area (Å²) in [6.07, 6.45) is 4.23. The van der Waals surface area contributed by atoms with Crippen LogP contribution in [0.2, 0.25) is 0 Å². The van der Waals surface area contributed by atoms with E-state index < -0.39 is 0 Å². The third-order valence-electron chi connectivity index (χ3n) is 2.08. The average Bonchev–Trinajstić information content (AvgIpc) is 2.14. The minimum absolute atomic E-state index is 0.202. The van der Waals surface area contributed by atoms with Crippen molar-refractivity contribution in [2.75, 3.05) is 0 Å². The fourth-order valence-electron chi connectivity index (χ4n) is 1.52. The van der Waals surface area contributed by atoms with Crippen molar-refractivity contribution < 1.29 is 4.79 Å². The number of pyridine rings is 1. The Labute approximate surface area is 87.5 Å². The zero-order valence-electron chi connectivity index (χ0n) is 8.83. The number of rotatable bonds is 2. The molecule has 0 unspecified atom stereocenters. The minimum Gasteiger partial charge on any atom is -0.322 e. The molecule has 15 heavy (non-hydrogen) atoms. The van der Waals surface area contributed by atoms with Crippen LogP contribution in [0.15, 0.2) is 23.0 Å². The van der Waals surface area contributed by atoms with Crippen LogP contribution in [-0.4, -0.2) is 11.3 Å². The second-order valence-corrected chi connectivity index (χ2v) is 3.24. The molecule has 0 bridgehead atoms. The Kier molecular flexibility index (Phi) is 3.39. The number of aromatic nitrogens is 1. The first-order chi connectivity index (χ1) is 7.10. The second kappa shape index (κ2) is 4.55. The largest absolute Gasteiger partial charge is 0.322 e. The molecule has 0 saturated carbocycles. The van der Waals surface area contributed by atoms with E-state index in [1.165, 1.54) is 6.07 Å². The number of aryl methyl sites for hydroxylation is 1. The maximum atomic E-state index is 11.1. The molecule has 0 aliphatic heterocycles. The summed E-state index contributed by atoms with van der Waals surface area (Å²) in [6.45, 7) is 7.33. The molecule has 1 aromatic rings. The van der Waals surface area contributed by atoms with Crippen molar-refractivity contribution in [2.45, 2.75) is 13.8 Å². The van der Waals surface area contributed by atoms with Gasteiger partial charge in [0.1, 0.15) is 0 Å². The summed E-state index contributed by atoms with van der Waals surface area (Å²) >= 11 is 0. The van der Waals surface area contributed by atoms with Gasteiger partial charge in [0.2, 0.25) is 5.56 Å². The van der Waals surface area contributed by atoms with Crippen molar-refractivity contribution >= 4 is 18.4 Å². The monoisotopic (exact) mass is 203 g/mol. The third-order valence-corrected chi connectivity index (χ3v) is 2.08. The Morgan fingerprint density at radius 3 is 2.67 bits per heavy atom. The van der Waals surface area contributed by atoms with E-state index in [1.807, 2.05) is 6.92 Å². The first-order valence-corrected chi connectivity index (χ1v) is 4.61. The van der Waals surface area contributed by atoms with Crippen LogP contribution in [-0.2, 0) is 4.79 Å². The molecule has 0 radical (unpaired) electrons. The molecule has 0 fully saturated rings. The van der Waals surface area contributed by atoms with Crippen molar-refractivity contribution in [3.63, 3.8) is 0 Å². The van der Waals surface area contributed by atoms with Crippen molar-refractivity contribution in [3.05, 3.63) is 44.7 Å². The number of H-pyrrole nitrogens is 1. The molecule has 0 atom stereocenters. The second-order valence-electron chi connectivity index (χ2n) is 3.24. The molecule has 0 aliphatic carbocycles. The van der Waals surface area contributed by atoms with E-state index in [4.69, 9.17) is 0 Å². The van der Waals surface area contributed by atoms with Gasteiger partial charge in [-0.3, -0.25) is 9.59 Å². The molecule has 1 N–H and O–H groups in total. The maximum Gasteiger partial charge on any atom is 0.248 e. The van der Waals surface area contributed by atoms with Gasteiger partial charge in [-0.15, -0.1) is 0 Å². The molecule has 78 valence electrons. The fraction of sp³-hybridized carbons (Fsp3) is 0.167. The zero-order chi connectivity index (χ0) is 11.4. The highest BCUT2D eigenvalue weighted by molar-refractivity contribution is 6.03. The Morgan fingerprint density at radius 2 is 2.20 bits per heavy atom. The van der Waals surface area contributed by atoms with E-state index in [1.54, 1.807) is 19.1 Å². The van der Waals surface area contributed by atoms with E-state index in [2.05, 4.69) is 11.6 Å². The molecule has 3 heteroatoms. The molecule has 0 spiro atoms. The summed E-state index contributed by atoms with van der Waals surface area (Å²) in [5.74, 6) is 0. The number of nitrogens with one attached hydrogen (secondary N) is 1. The molecular weight excluding hydrogens is 190 g/mol. The van der Waals surface area contributed by atoms with E-state index >= 15 is 0 Å². The van der Waals surface area contributed by atoms with Crippen LogP contribution in [0.25, 0.3) is 12.2 Å². The predicted octanol–water partition coefficient (Wildman–Crippen LogP) is 0.0193. The number of allylic oxidation sites excluding steroid dienone is 2. The summed E-state index contributed by atoms with van der Waals surface area (Å²) in [4.78, 5) is 24.6. The van der Waals surface area contributed by atoms with Gasteiger partial charge in [0, 0.05) is 22.2 Å². The van der Waals surface area contributed by atoms with Gasteiger partial charge in [0.25, 0.3) is 0 Å². The maximum absolute atomic E-state index is 11.1. The smallest absolute Gasteiger partial charge is 0.248 e. The summed E-state index contributed by atoms with van der Waals surface area (Å²) in [5, 5.41) is 1.17. The van der Waals surface area contributed by atoms with E-state index in [0.29, 0.717) is 16.1 Å². The Hall–Kier alpha value is -1.90. The molecular formula is C12H13NO2. The lowest BCUT2D eigenvalue weighted by molar-refractivity contribution is -0.103. The van der Waals surface area contributed by atoms with Gasteiger partial charge in [0.15, 0.2) is 6.29 Å². The highest BCUT2D eigenvalue weighted by Crippen LogP contribution is 1.90. The van der Waals surface area contributed by atoms with Gasteiger partial charge in [-0.2, -0.15) is 0 Å². The van der Waals surface area contributed by atoms with Crippen LogP contribution in [0.1, 0.15) is 12.5 Å². The number of aldehydes is 1. The Balaban J connectivity index is 3.83. The topological polar surface area (TPSA) is 49.9 Å². The van der Waals surface area contributed by atoms with Gasteiger partial charge in [0.05, 0.1) is 0 Å². The molecule has 1 heterocycles. The van der Waals surface area contributed by atoms with Gasteiger partial charge in [-0.05, 0) is 19.4 Å². The molecule has 0 aliphatic rings. The van der Waals surface area contributed by atoms with Crippen molar-refractivity contribution in [1.29, 1.82) is 0 Å². The lowest BCUT2D eigenvalue weighted by atomic mass is 10.1. The standard InChI is InChI=1S/C12H13NO2/c1-4-5-10(7-14)12-8(2)6-11(15)13-9(12)3/h4-7H,3H2,1-2H3,(H,13,15)/b5-4-,12-10+. The predicted molar refractivity (Wildman–Crippen MR) is 60.9 cm³/mol. The van der Waals surface area contributed by atoms with Crippen LogP contribution in [0.4, 0.5) is 0 Å². The van der Waals surface area contributed by atoms with Gasteiger partial charge in [-0.25, -0.2) is 0 Å². The van der Waals surface area contributed by atoms with Gasteiger partial charge >= 0.3 is 0 Å². The first kappa shape index (κ1) is 11.2. The minimum atomic E-state index is -0.202. The third kappa shape index (κ3) is 2.31. The molecule has 0 saturated heterocycles. The summed E-state index contributed by atoms with van der Waals surface area (Å²) in [6, 6.07) is 1.46. The zero-order valence-corrected chi connectivity index (χ0v) is 8.83. The van der Waals surface area contributed by atoms with E-state index in [9.17, 15) is 9.59 Å². The van der Waals surface area contributed by atoms with Crippen LogP contribution >= 0.6 is 0 Å². The fourth-order valence-corrected chi connectivity index (χ4v) is 1.52. The number of hydrogen-bond acceptors (Lipinski definition) is 2. The van der Waals surface area contributed by atoms with Crippen LogP contribution in [0.5, 0.6) is 0 Å². The van der Waals surface area contributed by atoms with Crippen molar-refractivity contribution in [2.24, 2.45) is 0 Å². The highest BCUT2D eigenvalue weighted by atomic mass is 16.1. The highest BCUT2D eigenvalue weighted by Gasteiger charge is 1.98. The molecule has 0 aromatic carbocycles. The summed E-state index contributed by atoms with van der Waals surface area (Å²) in [5.41, 5.74) is 1.08. The number of carbonyl (C=O) groups excluding carboxylic acids is 1. The average molecular weight is 203 g/mol. The SMILES string of the molecule is C=c1[nH]c(=O)cc(C)/c1=C(C=O)/C=C\C. The van der Waals surface area contributed by atoms with Gasteiger partial charge < -0.3 is 4.98 Å². The van der Waals surface area contributed by atoms with Crippen LogP contribution < -0.4 is 16.1 Å². The Morgan fingerprint density at radius 1 is 1.53 bits per heavy atom. The Bertz CT molecular complexity index is 564. The molecule has 1 aromatic heterocycles. The molecule has 1 rings (SSSR count). The van der Waals surface area contributed by atoms with Crippen LogP contribution in [0, 0.1) is 6.92 Å². The van der Waals surface area contributed by atoms with E-state index in [0.717, 1.165) is 11.8 Å². The number of aromatic amines is 1. The van der Waals surface area contributed by atoms with Crippen molar-refractivity contribution in [3.8, 4) is 0 Å². The van der Waals surface area contributed by atoms with E-state index in [-0.39, 0.29) is 5.56 Å². The van der Waals surface area contributed by atoms with Crippen molar-refractivity contribution in [1.82, 2.24) is 4.98 Å². The summed E-state index contributed by atoms with van der Waals surface area (Å²) < 4.78 is 0. The molecule has 3 nitrogen and oxygen atoms in total. The normalized spacial score (nSPS) is 12.9. The van der Waals surface area contributed by atoms with Gasteiger partial charge in [-0.1, -0.05) is 18.7 Å².